The number of carboxylic acid groups (broad SMARTS) is 1. The number of carboxylic acids is 1. The molecule has 4 heterocycles. The number of hydrogen-bond donors (Lipinski definition) is 2. The third kappa shape index (κ3) is 5.63. The maximum absolute atomic E-state index is 12.1. The molecule has 0 spiro atoms. The molecule has 2 atom stereocenters. The molecule has 4 rings (SSSR count). The maximum Gasteiger partial charge on any atom is 0.490 e. The van der Waals surface area contributed by atoms with Crippen molar-refractivity contribution in [1.82, 2.24) is 15.4 Å². The lowest BCUT2D eigenvalue weighted by Gasteiger charge is -2.27. The molecule has 1 amide bonds. The van der Waals surface area contributed by atoms with Crippen molar-refractivity contribution in [1.29, 1.82) is 0 Å². The SMILES string of the molecule is Cc1ccsc1CN1C[C@@H]2COC[C@]2(CNC(=O)c2ccno2)C1.O=C(O)C(F)(F)F. The molecule has 170 valence electrons. The Balaban J connectivity index is 0.000000339. The highest BCUT2D eigenvalue weighted by molar-refractivity contribution is 7.10. The van der Waals surface area contributed by atoms with E-state index < -0.39 is 12.1 Å². The number of carbonyl (C=O) groups is 2. The highest BCUT2D eigenvalue weighted by Gasteiger charge is 2.50. The molecular weight excluding hydrogens is 439 g/mol. The van der Waals surface area contributed by atoms with Gasteiger partial charge in [-0.3, -0.25) is 9.69 Å². The Hall–Kier alpha value is -2.44. The average Bonchev–Trinajstić information content (AvgIpc) is 3.45. The third-order valence-electron chi connectivity index (χ3n) is 5.43. The molecule has 0 unspecified atom stereocenters. The zero-order chi connectivity index (χ0) is 22.6. The van der Waals surface area contributed by atoms with E-state index in [-0.39, 0.29) is 17.1 Å². The summed E-state index contributed by atoms with van der Waals surface area (Å²) in [6, 6.07) is 3.75. The Morgan fingerprint density at radius 3 is 2.74 bits per heavy atom. The van der Waals surface area contributed by atoms with Crippen LogP contribution in [0.15, 0.2) is 28.2 Å². The summed E-state index contributed by atoms with van der Waals surface area (Å²) in [6.45, 7) is 7.21. The number of fused-ring (bicyclic) bond motifs is 1. The van der Waals surface area contributed by atoms with Crippen molar-refractivity contribution in [3.63, 3.8) is 0 Å². The Labute approximate surface area is 180 Å². The number of hydrogen-bond acceptors (Lipinski definition) is 7. The van der Waals surface area contributed by atoms with E-state index in [1.807, 2.05) is 11.3 Å². The molecule has 2 aromatic heterocycles. The monoisotopic (exact) mass is 461 g/mol. The lowest BCUT2D eigenvalue weighted by atomic mass is 9.81. The summed E-state index contributed by atoms with van der Waals surface area (Å²) < 4.78 is 42.4. The molecular formula is C19H22F3N3O5S. The van der Waals surface area contributed by atoms with Crippen LogP contribution in [-0.4, -0.2) is 66.1 Å². The number of halogens is 3. The van der Waals surface area contributed by atoms with Crippen LogP contribution >= 0.6 is 11.3 Å². The Morgan fingerprint density at radius 2 is 2.16 bits per heavy atom. The van der Waals surface area contributed by atoms with Crippen LogP contribution in [0, 0.1) is 18.3 Å². The minimum absolute atomic E-state index is 0.000839. The normalized spacial score (nSPS) is 23.2. The third-order valence-corrected chi connectivity index (χ3v) is 6.44. The van der Waals surface area contributed by atoms with E-state index in [1.165, 1.54) is 16.6 Å². The summed E-state index contributed by atoms with van der Waals surface area (Å²) in [5.74, 6) is -2.24. The number of nitrogens with one attached hydrogen (secondary N) is 1. The average molecular weight is 461 g/mol. The molecule has 0 aliphatic carbocycles. The largest absolute Gasteiger partial charge is 0.490 e. The van der Waals surface area contributed by atoms with E-state index in [2.05, 4.69) is 33.7 Å². The second kappa shape index (κ2) is 9.37. The number of aromatic nitrogens is 1. The highest BCUT2D eigenvalue weighted by Crippen LogP contribution is 2.41. The molecule has 2 saturated heterocycles. The van der Waals surface area contributed by atoms with Gasteiger partial charge in [0.1, 0.15) is 0 Å². The van der Waals surface area contributed by atoms with Crippen LogP contribution in [-0.2, 0) is 16.1 Å². The fourth-order valence-electron chi connectivity index (χ4n) is 3.76. The lowest BCUT2D eigenvalue weighted by Crippen LogP contribution is -2.43. The van der Waals surface area contributed by atoms with Crippen LogP contribution in [0.4, 0.5) is 13.2 Å². The van der Waals surface area contributed by atoms with Crippen LogP contribution in [0.5, 0.6) is 0 Å². The fraction of sp³-hybridized carbons (Fsp3) is 0.526. The molecule has 0 saturated carbocycles. The maximum atomic E-state index is 12.1. The van der Waals surface area contributed by atoms with Gasteiger partial charge in [0.2, 0.25) is 5.76 Å². The second-order valence-electron chi connectivity index (χ2n) is 7.63. The summed E-state index contributed by atoms with van der Waals surface area (Å²) in [7, 11) is 0. The van der Waals surface area contributed by atoms with Crippen molar-refractivity contribution in [3.8, 4) is 0 Å². The van der Waals surface area contributed by atoms with Crippen molar-refractivity contribution in [2.75, 3.05) is 32.8 Å². The first kappa shape index (κ1) is 23.2. The van der Waals surface area contributed by atoms with Crippen LogP contribution in [0.1, 0.15) is 21.0 Å². The van der Waals surface area contributed by atoms with Gasteiger partial charge < -0.3 is 19.7 Å². The summed E-state index contributed by atoms with van der Waals surface area (Å²) in [6.07, 6.45) is -3.60. The van der Waals surface area contributed by atoms with Gasteiger partial charge in [0.05, 0.1) is 19.4 Å². The van der Waals surface area contributed by atoms with Crippen LogP contribution in [0.2, 0.25) is 0 Å². The molecule has 12 heteroatoms. The van der Waals surface area contributed by atoms with Crippen molar-refractivity contribution >= 4 is 23.2 Å². The number of aryl methyl sites for hydroxylation is 1. The number of nitrogens with zero attached hydrogens (tertiary/aromatic N) is 2. The van der Waals surface area contributed by atoms with Crippen molar-refractivity contribution in [2.45, 2.75) is 19.6 Å². The van der Waals surface area contributed by atoms with E-state index in [4.69, 9.17) is 19.2 Å². The first-order chi connectivity index (χ1) is 14.6. The molecule has 0 bridgehead atoms. The Morgan fingerprint density at radius 1 is 1.42 bits per heavy atom. The van der Waals surface area contributed by atoms with Crippen molar-refractivity contribution in [3.05, 3.63) is 39.9 Å². The number of likely N-dealkylation sites (tertiary alicyclic amines) is 1. The van der Waals surface area contributed by atoms with E-state index in [0.29, 0.717) is 19.1 Å². The number of ether oxygens (including phenoxy) is 1. The first-order valence-corrected chi connectivity index (χ1v) is 10.3. The number of thiophene rings is 1. The summed E-state index contributed by atoms with van der Waals surface area (Å²) in [5, 5.41) is 15.9. The van der Waals surface area contributed by atoms with E-state index >= 15 is 0 Å². The van der Waals surface area contributed by atoms with E-state index in [0.717, 1.165) is 26.2 Å². The number of rotatable bonds is 5. The Kier molecular flexibility index (Phi) is 7.02. The van der Waals surface area contributed by atoms with E-state index in [1.54, 1.807) is 6.07 Å². The quantitative estimate of drug-likeness (QED) is 0.705. The molecule has 2 N–H and O–H groups in total. The van der Waals surface area contributed by atoms with Crippen molar-refractivity contribution in [2.24, 2.45) is 11.3 Å². The standard InChI is InChI=1S/C17H21N3O3S.C2HF3O2/c1-12-3-5-24-15(12)7-20-6-13-8-22-11-17(13,10-20)9-18-16(21)14-2-4-19-23-14;3-2(4,5)1(6)7/h2-5,13H,6-11H2,1H3,(H,18,21);(H,6,7)/t13-,17+;/m1./s1. The topological polar surface area (TPSA) is 105 Å². The zero-order valence-electron chi connectivity index (χ0n) is 16.6. The van der Waals surface area contributed by atoms with Gasteiger partial charge in [0, 0.05) is 48.5 Å². The van der Waals surface area contributed by atoms with Gasteiger partial charge in [-0.15, -0.1) is 11.3 Å². The molecule has 2 aliphatic rings. The highest BCUT2D eigenvalue weighted by atomic mass is 32.1. The molecule has 2 aliphatic heterocycles. The van der Waals surface area contributed by atoms with Gasteiger partial charge in [-0.25, -0.2) is 4.79 Å². The predicted molar refractivity (Wildman–Crippen MR) is 104 cm³/mol. The van der Waals surface area contributed by atoms with Gasteiger partial charge in [-0.05, 0) is 23.9 Å². The first-order valence-electron chi connectivity index (χ1n) is 9.43. The van der Waals surface area contributed by atoms with Gasteiger partial charge in [0.15, 0.2) is 0 Å². The molecule has 0 radical (unpaired) electrons. The zero-order valence-corrected chi connectivity index (χ0v) is 17.5. The van der Waals surface area contributed by atoms with Crippen LogP contribution < -0.4 is 5.32 Å². The minimum Gasteiger partial charge on any atom is -0.475 e. The van der Waals surface area contributed by atoms with Gasteiger partial charge in [0.25, 0.3) is 5.91 Å². The smallest absolute Gasteiger partial charge is 0.475 e. The lowest BCUT2D eigenvalue weighted by molar-refractivity contribution is -0.192. The summed E-state index contributed by atoms with van der Waals surface area (Å²) >= 11 is 1.82. The summed E-state index contributed by atoms with van der Waals surface area (Å²) in [5.41, 5.74) is 1.36. The Bertz CT molecular complexity index is 902. The minimum atomic E-state index is -5.08. The molecule has 31 heavy (non-hydrogen) atoms. The van der Waals surface area contributed by atoms with Gasteiger partial charge >= 0.3 is 12.1 Å². The van der Waals surface area contributed by atoms with Gasteiger partial charge in [-0.2, -0.15) is 13.2 Å². The molecule has 0 aromatic carbocycles. The van der Waals surface area contributed by atoms with Crippen LogP contribution in [0.3, 0.4) is 0 Å². The van der Waals surface area contributed by atoms with Crippen molar-refractivity contribution < 1.29 is 37.1 Å². The summed E-state index contributed by atoms with van der Waals surface area (Å²) in [4.78, 5) is 24.9. The molecule has 2 aromatic rings. The molecule has 2 fully saturated rings. The van der Waals surface area contributed by atoms with Gasteiger partial charge in [-0.1, -0.05) is 5.16 Å². The van der Waals surface area contributed by atoms with Crippen LogP contribution in [0.25, 0.3) is 0 Å². The number of aliphatic carboxylic acids is 1. The molecule has 8 nitrogen and oxygen atoms in total. The second-order valence-corrected chi connectivity index (χ2v) is 8.63. The fourth-order valence-corrected chi connectivity index (χ4v) is 4.71. The number of amides is 1. The predicted octanol–water partition coefficient (Wildman–Crippen LogP) is 2.56. The van der Waals surface area contributed by atoms with E-state index in [9.17, 15) is 18.0 Å². The number of carbonyl (C=O) groups excluding carboxylic acids is 1. The number of alkyl halides is 3.